The molecule has 7 rings (SSSR count). The van der Waals surface area contributed by atoms with Crippen molar-refractivity contribution in [3.05, 3.63) is 105 Å². The summed E-state index contributed by atoms with van der Waals surface area (Å²) >= 11 is 0. The van der Waals surface area contributed by atoms with Gasteiger partial charge in [-0.1, -0.05) is 143 Å². The molecule has 0 aliphatic heterocycles. The average molecular weight is 781 g/mol. The van der Waals surface area contributed by atoms with Crippen molar-refractivity contribution in [2.45, 2.75) is 128 Å². The van der Waals surface area contributed by atoms with Crippen LogP contribution in [0.1, 0.15) is 128 Å². The van der Waals surface area contributed by atoms with E-state index in [0.29, 0.717) is 44.4 Å². The van der Waals surface area contributed by atoms with Gasteiger partial charge in [-0.05, 0) is 89.2 Å². The Morgan fingerprint density at radius 3 is 1.11 bits per heavy atom. The van der Waals surface area contributed by atoms with E-state index in [4.69, 9.17) is 9.47 Å². The van der Waals surface area contributed by atoms with Crippen LogP contribution in [0.2, 0.25) is 33.2 Å². The number of ether oxygens (including phenoxy) is 2. The lowest BCUT2D eigenvalue weighted by molar-refractivity contribution is -0.140. The van der Waals surface area contributed by atoms with E-state index in [1.807, 2.05) is 12.1 Å². The third-order valence-corrected chi connectivity index (χ3v) is 26.2. The van der Waals surface area contributed by atoms with Crippen molar-refractivity contribution < 1.29 is 19.1 Å². The Morgan fingerprint density at radius 1 is 0.518 bits per heavy atom. The van der Waals surface area contributed by atoms with E-state index >= 15 is 0 Å². The zero-order valence-corrected chi connectivity index (χ0v) is 38.0. The van der Waals surface area contributed by atoms with Crippen molar-refractivity contribution in [2.24, 2.45) is 0 Å². The molecule has 2 bridgehead atoms. The number of hydrogen-bond acceptors (Lipinski definition) is 4. The van der Waals surface area contributed by atoms with Crippen LogP contribution in [0.5, 0.6) is 0 Å². The minimum absolute atomic E-state index is 0.341. The highest BCUT2D eigenvalue weighted by molar-refractivity contribution is 6.91. The van der Waals surface area contributed by atoms with E-state index in [1.54, 1.807) is 0 Å². The molecule has 0 heterocycles. The summed E-state index contributed by atoms with van der Waals surface area (Å²) in [5.41, 5.74) is 17.2. The molecule has 0 N–H and O–H groups in total. The summed E-state index contributed by atoms with van der Waals surface area (Å²) in [6.45, 7) is 28.1. The largest absolute Gasteiger partial charge is 0.466 e. The maximum atomic E-state index is 14.2. The SMILES string of the molecule is COC(=O)C1=C(C(=O)OC)C2c3ccccc3C1c1c2c(C#C[Si](C(C)C)(C(C)C)C(C)C)c2cc3ccccc3cc2c1C#C[Si](C(C)C)(C(C)C)C(C)C. The number of carbonyl (C=O) groups excluding carboxylic acids is 2. The lowest BCUT2D eigenvalue weighted by Crippen LogP contribution is -2.43. The molecule has 4 aromatic rings. The van der Waals surface area contributed by atoms with Crippen molar-refractivity contribution in [3.8, 4) is 22.9 Å². The Kier molecular flexibility index (Phi) is 11.4. The number of rotatable bonds is 8. The fraction of sp³-hybridized carbons (Fsp3) is 0.440. The second kappa shape index (κ2) is 15.5. The summed E-state index contributed by atoms with van der Waals surface area (Å²) in [4.78, 5) is 28.3. The minimum Gasteiger partial charge on any atom is -0.466 e. The highest BCUT2D eigenvalue weighted by Gasteiger charge is 2.51. The monoisotopic (exact) mass is 780 g/mol. The molecule has 56 heavy (non-hydrogen) atoms. The minimum atomic E-state index is -2.23. The van der Waals surface area contributed by atoms with Gasteiger partial charge in [-0.25, -0.2) is 9.59 Å². The van der Waals surface area contributed by atoms with E-state index in [-0.39, 0.29) is 0 Å². The second-order valence-corrected chi connectivity index (χ2v) is 29.1. The van der Waals surface area contributed by atoms with E-state index < -0.39 is 39.9 Å². The van der Waals surface area contributed by atoms with Gasteiger partial charge >= 0.3 is 11.9 Å². The van der Waals surface area contributed by atoms with E-state index in [2.05, 4.69) is 155 Å². The zero-order chi connectivity index (χ0) is 41.0. The average Bonchev–Trinajstić information content (AvgIpc) is 3.16. The molecule has 2 unspecified atom stereocenters. The molecule has 4 nitrogen and oxygen atoms in total. The first kappa shape index (κ1) is 41.3. The van der Waals surface area contributed by atoms with Crippen LogP contribution in [0.25, 0.3) is 21.5 Å². The number of hydrogen-bond donors (Lipinski definition) is 0. The number of fused-ring (bicyclic) bond motifs is 2. The van der Waals surface area contributed by atoms with Crippen molar-refractivity contribution in [1.29, 1.82) is 0 Å². The second-order valence-electron chi connectivity index (χ2n) is 17.9. The van der Waals surface area contributed by atoms with Crippen molar-refractivity contribution >= 4 is 49.6 Å². The lowest BCUT2D eigenvalue weighted by atomic mass is 9.58. The molecule has 4 aromatic carbocycles. The van der Waals surface area contributed by atoms with E-state index in [1.165, 1.54) is 14.2 Å². The summed E-state index contributed by atoms with van der Waals surface area (Å²) in [6, 6.07) is 21.3. The third-order valence-electron chi connectivity index (χ3n) is 13.7. The zero-order valence-electron chi connectivity index (χ0n) is 36.0. The lowest BCUT2D eigenvalue weighted by Gasteiger charge is -2.43. The van der Waals surface area contributed by atoms with Crippen LogP contribution in [0.3, 0.4) is 0 Å². The molecule has 2 atom stereocenters. The van der Waals surface area contributed by atoms with Gasteiger partial charge in [-0.2, -0.15) is 0 Å². The summed E-state index contributed by atoms with van der Waals surface area (Å²) in [7, 11) is -1.66. The van der Waals surface area contributed by atoms with Crippen molar-refractivity contribution in [2.75, 3.05) is 14.2 Å². The highest BCUT2D eigenvalue weighted by atomic mass is 28.3. The van der Waals surface area contributed by atoms with Gasteiger partial charge in [0.15, 0.2) is 0 Å². The maximum absolute atomic E-state index is 14.2. The van der Waals surface area contributed by atoms with Crippen LogP contribution in [0, 0.1) is 22.9 Å². The fourth-order valence-electron chi connectivity index (χ4n) is 11.2. The van der Waals surface area contributed by atoms with Crippen molar-refractivity contribution in [1.82, 2.24) is 0 Å². The number of benzene rings is 4. The van der Waals surface area contributed by atoms with Gasteiger partial charge < -0.3 is 9.47 Å². The molecule has 0 amide bonds. The summed E-state index contributed by atoms with van der Waals surface area (Å²) < 4.78 is 11.1. The molecular weight excluding hydrogens is 721 g/mol. The smallest absolute Gasteiger partial charge is 0.335 e. The van der Waals surface area contributed by atoms with Gasteiger partial charge in [0.1, 0.15) is 16.1 Å². The summed E-state index contributed by atoms with van der Waals surface area (Å²) in [6.07, 6.45) is 0. The van der Waals surface area contributed by atoms with Gasteiger partial charge in [0.05, 0.1) is 25.4 Å². The standard InChI is InChI=1S/C50H60O4Si2/c1-29(2)55(30(3)4,31(5)6)25-23-39-41-27-35-19-15-16-20-36(35)28-42(41)40(24-26-56(32(7)8,33(9)10)34(11)12)44-43(39)45-37-21-17-18-22-38(37)46(44)48(50(52)54-14)47(45)49(51)53-13/h15-22,27-34,45-46H,1-14H3. The molecule has 0 spiro atoms. The first-order valence-electron chi connectivity index (χ1n) is 20.6. The molecule has 0 saturated heterocycles. The molecule has 0 fully saturated rings. The van der Waals surface area contributed by atoms with Gasteiger partial charge in [-0.15, -0.1) is 11.1 Å². The van der Waals surface area contributed by atoms with Crippen LogP contribution in [0.15, 0.2) is 71.8 Å². The topological polar surface area (TPSA) is 52.6 Å². The van der Waals surface area contributed by atoms with Gasteiger partial charge in [0.25, 0.3) is 0 Å². The molecule has 292 valence electrons. The number of carbonyl (C=O) groups is 2. The molecule has 6 heteroatoms. The van der Waals surface area contributed by atoms with Gasteiger partial charge in [0.2, 0.25) is 0 Å². The molecule has 3 aliphatic carbocycles. The van der Waals surface area contributed by atoms with Gasteiger partial charge in [0, 0.05) is 23.0 Å². The Balaban J connectivity index is 1.93. The molecule has 0 aromatic heterocycles. The van der Waals surface area contributed by atoms with Gasteiger partial charge in [-0.3, -0.25) is 0 Å². The molecule has 0 saturated carbocycles. The quantitative estimate of drug-likeness (QED) is 0.0773. The van der Waals surface area contributed by atoms with E-state index in [9.17, 15) is 9.59 Å². The first-order valence-corrected chi connectivity index (χ1v) is 25.0. The number of esters is 2. The normalized spacial score (nSPS) is 16.4. The van der Waals surface area contributed by atoms with Crippen LogP contribution in [0.4, 0.5) is 0 Å². The Labute approximate surface area is 337 Å². The summed E-state index contributed by atoms with van der Waals surface area (Å²) in [5, 5.41) is 4.33. The van der Waals surface area contributed by atoms with Crippen molar-refractivity contribution in [3.63, 3.8) is 0 Å². The Hall–Kier alpha value is -4.37. The van der Waals surface area contributed by atoms with Crippen LogP contribution in [-0.2, 0) is 19.1 Å². The van der Waals surface area contributed by atoms with Crippen LogP contribution in [-0.4, -0.2) is 42.3 Å². The maximum Gasteiger partial charge on any atom is 0.335 e. The first-order chi connectivity index (χ1) is 26.5. The molecule has 0 radical (unpaired) electrons. The third kappa shape index (κ3) is 6.20. The molecular formula is C50H60O4Si2. The van der Waals surface area contributed by atoms with Crippen LogP contribution >= 0.6 is 0 Å². The predicted molar refractivity (Wildman–Crippen MR) is 238 cm³/mol. The van der Waals surface area contributed by atoms with E-state index in [0.717, 1.165) is 54.9 Å². The predicted octanol–water partition coefficient (Wildman–Crippen LogP) is 12.4. The summed E-state index contributed by atoms with van der Waals surface area (Å²) in [5.74, 6) is 5.67. The number of methoxy groups -OCH3 is 2. The highest BCUT2D eigenvalue weighted by Crippen LogP contribution is 2.59. The Bertz CT molecular complexity index is 2180. The van der Waals surface area contributed by atoms with Crippen LogP contribution < -0.4 is 0 Å². The molecule has 3 aliphatic rings. The fourth-order valence-corrected chi connectivity index (χ4v) is 21.6. The Morgan fingerprint density at radius 2 is 0.821 bits per heavy atom.